The van der Waals surface area contributed by atoms with Crippen molar-refractivity contribution in [3.63, 3.8) is 0 Å². The molecule has 1 atom stereocenters. The first-order valence-electron chi connectivity index (χ1n) is 6.64. The number of nitrogens with zero attached hydrogens (tertiary/aromatic N) is 1. The molecular formula is C14H19BrN2O3. The average molecular weight is 343 g/mol. The van der Waals surface area contributed by atoms with Crippen LogP contribution in [0, 0.1) is 0 Å². The number of carbonyl (C=O) groups is 1. The number of carboxylic acids is 1. The highest BCUT2D eigenvalue weighted by Crippen LogP contribution is 2.30. The van der Waals surface area contributed by atoms with Crippen LogP contribution in [0.15, 0.2) is 22.7 Å². The van der Waals surface area contributed by atoms with Gasteiger partial charge in [0.15, 0.2) is 0 Å². The van der Waals surface area contributed by atoms with Gasteiger partial charge in [-0.25, -0.2) is 0 Å². The number of hydrogen-bond donors (Lipinski definition) is 2. The summed E-state index contributed by atoms with van der Waals surface area (Å²) in [4.78, 5) is 13.7. The van der Waals surface area contributed by atoms with Crippen molar-refractivity contribution in [3.05, 3.63) is 28.2 Å². The smallest absolute Gasteiger partial charge is 0.325 e. The summed E-state index contributed by atoms with van der Waals surface area (Å²) in [5, 5.41) is 12.9. The molecule has 0 amide bonds. The summed E-state index contributed by atoms with van der Waals surface area (Å²) in [7, 11) is 1.59. The van der Waals surface area contributed by atoms with Crippen molar-refractivity contribution in [2.24, 2.45) is 0 Å². The Labute approximate surface area is 127 Å². The Morgan fingerprint density at radius 2 is 2.25 bits per heavy atom. The predicted molar refractivity (Wildman–Crippen MR) is 80.1 cm³/mol. The number of halogens is 1. The van der Waals surface area contributed by atoms with Crippen molar-refractivity contribution in [2.45, 2.75) is 12.5 Å². The SMILES string of the molecule is COc1ccc(C(C(=O)O)N2CCCNCC2)cc1Br. The lowest BCUT2D eigenvalue weighted by atomic mass is 10.0. The van der Waals surface area contributed by atoms with Crippen LogP contribution in [0.25, 0.3) is 0 Å². The maximum absolute atomic E-state index is 11.7. The van der Waals surface area contributed by atoms with Crippen molar-refractivity contribution in [3.8, 4) is 5.75 Å². The lowest BCUT2D eigenvalue weighted by molar-refractivity contribution is -0.143. The van der Waals surface area contributed by atoms with E-state index in [1.807, 2.05) is 17.0 Å². The van der Waals surface area contributed by atoms with Gasteiger partial charge in [-0.2, -0.15) is 0 Å². The highest BCUT2D eigenvalue weighted by atomic mass is 79.9. The monoisotopic (exact) mass is 342 g/mol. The van der Waals surface area contributed by atoms with Gasteiger partial charge in [0.1, 0.15) is 11.8 Å². The Hall–Kier alpha value is -1.11. The topological polar surface area (TPSA) is 61.8 Å². The van der Waals surface area contributed by atoms with Gasteiger partial charge < -0.3 is 15.2 Å². The summed E-state index contributed by atoms with van der Waals surface area (Å²) in [6.07, 6.45) is 0.959. The molecule has 110 valence electrons. The zero-order valence-corrected chi connectivity index (χ0v) is 13.0. The molecule has 2 rings (SSSR count). The molecule has 1 aromatic rings. The molecule has 0 spiro atoms. The first-order valence-corrected chi connectivity index (χ1v) is 7.44. The minimum Gasteiger partial charge on any atom is -0.496 e. The van der Waals surface area contributed by atoms with Gasteiger partial charge in [0.2, 0.25) is 0 Å². The fourth-order valence-corrected chi connectivity index (χ4v) is 3.05. The van der Waals surface area contributed by atoms with E-state index in [9.17, 15) is 9.90 Å². The Balaban J connectivity index is 2.27. The summed E-state index contributed by atoms with van der Waals surface area (Å²) < 4.78 is 5.96. The summed E-state index contributed by atoms with van der Waals surface area (Å²) in [6, 6.07) is 4.83. The van der Waals surface area contributed by atoms with Crippen LogP contribution in [0.2, 0.25) is 0 Å². The Morgan fingerprint density at radius 3 is 2.90 bits per heavy atom. The number of hydrogen-bond acceptors (Lipinski definition) is 4. The molecule has 1 fully saturated rings. The van der Waals surface area contributed by atoms with Crippen molar-refractivity contribution < 1.29 is 14.6 Å². The molecule has 6 heteroatoms. The summed E-state index contributed by atoms with van der Waals surface area (Å²) in [5.41, 5.74) is 0.770. The summed E-state index contributed by atoms with van der Waals surface area (Å²) >= 11 is 3.42. The number of ether oxygens (including phenoxy) is 1. The van der Waals surface area contributed by atoms with Crippen molar-refractivity contribution in [1.82, 2.24) is 10.2 Å². The Morgan fingerprint density at radius 1 is 1.45 bits per heavy atom. The van der Waals surface area contributed by atoms with E-state index >= 15 is 0 Å². The van der Waals surface area contributed by atoms with Gasteiger partial charge >= 0.3 is 5.97 Å². The normalized spacial score (nSPS) is 18.3. The summed E-state index contributed by atoms with van der Waals surface area (Å²) in [6.45, 7) is 3.28. The van der Waals surface area contributed by atoms with Gasteiger partial charge in [0.25, 0.3) is 0 Å². The maximum Gasteiger partial charge on any atom is 0.325 e. The fourth-order valence-electron chi connectivity index (χ4n) is 2.49. The van der Waals surface area contributed by atoms with E-state index in [1.165, 1.54) is 0 Å². The minimum absolute atomic E-state index is 0.614. The molecular weight excluding hydrogens is 324 g/mol. The highest BCUT2D eigenvalue weighted by Gasteiger charge is 2.28. The first-order chi connectivity index (χ1) is 9.63. The zero-order chi connectivity index (χ0) is 14.5. The summed E-state index contributed by atoms with van der Waals surface area (Å²) in [5.74, 6) is -0.112. The van der Waals surface area contributed by atoms with E-state index < -0.39 is 12.0 Å². The molecule has 5 nitrogen and oxygen atoms in total. The van der Waals surface area contributed by atoms with Crippen LogP contribution in [0.1, 0.15) is 18.0 Å². The van der Waals surface area contributed by atoms with Crippen molar-refractivity contribution in [1.29, 1.82) is 0 Å². The van der Waals surface area contributed by atoms with E-state index in [2.05, 4.69) is 21.2 Å². The average Bonchev–Trinajstić information content (AvgIpc) is 2.68. The molecule has 0 radical (unpaired) electrons. The van der Waals surface area contributed by atoms with Crippen molar-refractivity contribution >= 4 is 21.9 Å². The molecule has 0 saturated carbocycles. The van der Waals surface area contributed by atoms with Crippen LogP contribution in [0.5, 0.6) is 5.75 Å². The molecule has 20 heavy (non-hydrogen) atoms. The van der Waals surface area contributed by atoms with Crippen LogP contribution < -0.4 is 10.1 Å². The van der Waals surface area contributed by atoms with E-state index in [0.29, 0.717) is 5.75 Å². The van der Waals surface area contributed by atoms with E-state index in [0.717, 1.165) is 42.6 Å². The molecule has 2 N–H and O–H groups in total. The largest absolute Gasteiger partial charge is 0.496 e. The van der Waals surface area contributed by atoms with E-state index in [1.54, 1.807) is 13.2 Å². The third-order valence-corrected chi connectivity index (χ3v) is 4.09. The minimum atomic E-state index is -0.816. The van der Waals surface area contributed by atoms with Crippen LogP contribution in [-0.2, 0) is 4.79 Å². The number of aliphatic carboxylic acids is 1. The molecule has 1 aromatic carbocycles. The van der Waals surface area contributed by atoms with Crippen molar-refractivity contribution in [2.75, 3.05) is 33.3 Å². The third-order valence-electron chi connectivity index (χ3n) is 3.47. The highest BCUT2D eigenvalue weighted by molar-refractivity contribution is 9.10. The van der Waals surface area contributed by atoms with Gasteiger partial charge in [-0.05, 0) is 46.6 Å². The Kier molecular flexibility index (Phi) is 5.39. The van der Waals surface area contributed by atoms with Gasteiger partial charge in [0, 0.05) is 19.6 Å². The molecule has 1 heterocycles. The molecule has 1 aliphatic heterocycles. The lowest BCUT2D eigenvalue weighted by Gasteiger charge is -2.27. The second-order valence-corrected chi connectivity index (χ2v) is 5.63. The number of benzene rings is 1. The number of methoxy groups -OCH3 is 1. The number of carboxylic acid groups (broad SMARTS) is 1. The zero-order valence-electron chi connectivity index (χ0n) is 11.4. The molecule has 0 bridgehead atoms. The second-order valence-electron chi connectivity index (χ2n) is 4.77. The maximum atomic E-state index is 11.7. The van der Waals surface area contributed by atoms with Gasteiger partial charge in [-0.15, -0.1) is 0 Å². The van der Waals surface area contributed by atoms with Crippen LogP contribution in [0.3, 0.4) is 0 Å². The quantitative estimate of drug-likeness (QED) is 0.874. The fraction of sp³-hybridized carbons (Fsp3) is 0.500. The second kappa shape index (κ2) is 7.06. The molecule has 1 unspecified atom stereocenters. The molecule has 0 aromatic heterocycles. The predicted octanol–water partition coefficient (Wildman–Crippen LogP) is 1.88. The van der Waals surface area contributed by atoms with Crippen LogP contribution in [0.4, 0.5) is 0 Å². The molecule has 0 aliphatic carbocycles. The van der Waals surface area contributed by atoms with Gasteiger partial charge in [0.05, 0.1) is 11.6 Å². The molecule has 1 saturated heterocycles. The molecule has 1 aliphatic rings. The lowest BCUT2D eigenvalue weighted by Crippen LogP contribution is -2.36. The first kappa shape index (κ1) is 15.3. The van der Waals surface area contributed by atoms with Gasteiger partial charge in [-0.1, -0.05) is 6.07 Å². The van der Waals surface area contributed by atoms with E-state index in [-0.39, 0.29) is 0 Å². The van der Waals surface area contributed by atoms with E-state index in [4.69, 9.17) is 4.74 Å². The standard InChI is InChI=1S/C14H19BrN2O3/c1-20-12-4-3-10(9-11(12)15)13(14(18)19)17-7-2-5-16-6-8-17/h3-4,9,13,16H,2,5-8H2,1H3,(H,18,19). The van der Waals surface area contributed by atoms with Crippen LogP contribution in [-0.4, -0.2) is 49.3 Å². The third kappa shape index (κ3) is 3.50. The Bertz CT molecular complexity index is 473. The van der Waals surface area contributed by atoms with Crippen LogP contribution >= 0.6 is 15.9 Å². The number of nitrogens with one attached hydrogen (secondary N) is 1. The van der Waals surface area contributed by atoms with Gasteiger partial charge in [-0.3, -0.25) is 9.69 Å². The number of rotatable bonds is 4.